The number of aromatic nitrogens is 3. The highest BCUT2D eigenvalue weighted by molar-refractivity contribution is 7.12. The van der Waals surface area contributed by atoms with E-state index in [9.17, 15) is 0 Å². The van der Waals surface area contributed by atoms with Gasteiger partial charge in [-0.1, -0.05) is 46.9 Å². The van der Waals surface area contributed by atoms with Gasteiger partial charge in [-0.3, -0.25) is 0 Å². The third kappa shape index (κ3) is 3.31. The fourth-order valence-electron chi connectivity index (χ4n) is 2.47. The van der Waals surface area contributed by atoms with Gasteiger partial charge < -0.3 is 0 Å². The molecule has 2 aromatic heterocycles. The molecule has 124 valence electrons. The molecule has 0 spiro atoms. The van der Waals surface area contributed by atoms with Crippen LogP contribution < -0.4 is 0 Å². The van der Waals surface area contributed by atoms with Crippen LogP contribution in [0.2, 0.25) is 15.1 Å². The smallest absolute Gasteiger partial charge is 0.211 e. The van der Waals surface area contributed by atoms with Gasteiger partial charge in [0.15, 0.2) is 0 Å². The van der Waals surface area contributed by atoms with Crippen LogP contribution in [-0.2, 0) is 0 Å². The average Bonchev–Trinajstić information content (AvgIpc) is 3.24. The van der Waals surface area contributed by atoms with Gasteiger partial charge in [-0.25, -0.2) is 9.67 Å². The van der Waals surface area contributed by atoms with E-state index in [2.05, 4.69) is 5.10 Å². The summed E-state index contributed by atoms with van der Waals surface area (Å²) in [7, 11) is 0. The SMILES string of the molecule is Clc1ccc(-c2csc(-n3nccc3-c3ccc(Cl)cc3Cl)n2)cc1. The quantitative estimate of drug-likeness (QED) is 0.382. The molecule has 7 heteroatoms. The maximum atomic E-state index is 6.34. The molecule has 2 heterocycles. The molecule has 0 aliphatic heterocycles. The fraction of sp³-hybridized carbons (Fsp3) is 0. The van der Waals surface area contributed by atoms with Gasteiger partial charge in [0.25, 0.3) is 0 Å². The van der Waals surface area contributed by atoms with Gasteiger partial charge in [-0.15, -0.1) is 11.3 Å². The Morgan fingerprint density at radius 1 is 0.880 bits per heavy atom. The van der Waals surface area contributed by atoms with Crippen molar-refractivity contribution < 1.29 is 0 Å². The first-order valence-corrected chi connectivity index (χ1v) is 9.34. The number of thiazole rings is 1. The number of benzene rings is 2. The molecule has 0 aliphatic rings. The summed E-state index contributed by atoms with van der Waals surface area (Å²) in [4.78, 5) is 4.69. The Kier molecular flexibility index (Phi) is 4.52. The zero-order valence-electron chi connectivity index (χ0n) is 12.7. The van der Waals surface area contributed by atoms with E-state index in [0.717, 1.165) is 27.6 Å². The third-order valence-electron chi connectivity index (χ3n) is 3.66. The van der Waals surface area contributed by atoms with Crippen molar-refractivity contribution in [3.63, 3.8) is 0 Å². The summed E-state index contributed by atoms with van der Waals surface area (Å²) in [6.07, 6.45) is 1.73. The lowest BCUT2D eigenvalue weighted by Crippen LogP contribution is -1.98. The van der Waals surface area contributed by atoms with Gasteiger partial charge in [0.2, 0.25) is 5.13 Å². The second-order valence-corrected chi connectivity index (χ2v) is 7.39. The van der Waals surface area contributed by atoms with Gasteiger partial charge >= 0.3 is 0 Å². The number of nitrogens with zero attached hydrogens (tertiary/aromatic N) is 3. The minimum atomic E-state index is 0.573. The molecule has 0 atom stereocenters. The Hall–Kier alpha value is -1.85. The second-order valence-electron chi connectivity index (χ2n) is 5.27. The van der Waals surface area contributed by atoms with E-state index in [1.807, 2.05) is 41.8 Å². The highest BCUT2D eigenvalue weighted by Crippen LogP contribution is 2.33. The van der Waals surface area contributed by atoms with E-state index >= 15 is 0 Å². The molecule has 0 saturated heterocycles. The van der Waals surface area contributed by atoms with E-state index in [1.54, 1.807) is 23.0 Å². The number of hydrogen-bond donors (Lipinski definition) is 0. The van der Waals surface area contributed by atoms with Crippen LogP contribution in [0.1, 0.15) is 0 Å². The van der Waals surface area contributed by atoms with Crippen LogP contribution in [0.3, 0.4) is 0 Å². The summed E-state index contributed by atoms with van der Waals surface area (Å²) in [6, 6.07) is 14.9. The van der Waals surface area contributed by atoms with Crippen LogP contribution in [0, 0.1) is 0 Å². The van der Waals surface area contributed by atoms with Gasteiger partial charge in [0.1, 0.15) is 0 Å². The Labute approximate surface area is 163 Å². The van der Waals surface area contributed by atoms with Crippen LogP contribution in [0.25, 0.3) is 27.6 Å². The molecule has 4 rings (SSSR count). The van der Waals surface area contributed by atoms with E-state index < -0.39 is 0 Å². The highest BCUT2D eigenvalue weighted by Gasteiger charge is 2.14. The summed E-state index contributed by atoms with van der Waals surface area (Å²) in [6.45, 7) is 0. The molecule has 0 bridgehead atoms. The molecule has 0 N–H and O–H groups in total. The largest absolute Gasteiger partial charge is 0.218 e. The molecule has 3 nitrogen and oxygen atoms in total. The van der Waals surface area contributed by atoms with E-state index in [4.69, 9.17) is 39.8 Å². The van der Waals surface area contributed by atoms with Crippen LogP contribution in [-0.4, -0.2) is 14.8 Å². The first-order chi connectivity index (χ1) is 12.1. The van der Waals surface area contributed by atoms with E-state index in [0.29, 0.717) is 15.1 Å². The summed E-state index contributed by atoms with van der Waals surface area (Å²) >= 11 is 19.8. The molecule has 4 aromatic rings. The summed E-state index contributed by atoms with van der Waals surface area (Å²) in [5.74, 6) is 0. The lowest BCUT2D eigenvalue weighted by Gasteiger charge is -2.06. The summed E-state index contributed by atoms with van der Waals surface area (Å²) in [5.41, 5.74) is 3.59. The maximum Gasteiger partial charge on any atom is 0.211 e. The van der Waals surface area contributed by atoms with Crippen molar-refractivity contribution >= 4 is 46.1 Å². The van der Waals surface area contributed by atoms with Crippen LogP contribution in [0.5, 0.6) is 0 Å². The monoisotopic (exact) mass is 405 g/mol. The summed E-state index contributed by atoms with van der Waals surface area (Å²) < 4.78 is 1.78. The first kappa shape index (κ1) is 16.6. The molecule has 2 aromatic carbocycles. The Balaban J connectivity index is 1.75. The molecule has 0 unspecified atom stereocenters. The van der Waals surface area contributed by atoms with Crippen molar-refractivity contribution in [2.45, 2.75) is 0 Å². The van der Waals surface area contributed by atoms with Crippen molar-refractivity contribution in [3.8, 4) is 27.6 Å². The van der Waals surface area contributed by atoms with Crippen LogP contribution in [0.4, 0.5) is 0 Å². The van der Waals surface area contributed by atoms with Gasteiger partial charge in [0.05, 0.1) is 22.6 Å². The van der Waals surface area contributed by atoms with Crippen molar-refractivity contribution in [2.75, 3.05) is 0 Å². The number of halogens is 3. The lowest BCUT2D eigenvalue weighted by atomic mass is 10.1. The zero-order chi connectivity index (χ0) is 17.4. The number of rotatable bonds is 3. The summed E-state index contributed by atoms with van der Waals surface area (Å²) in [5, 5.41) is 9.02. The van der Waals surface area contributed by atoms with Crippen LogP contribution in [0.15, 0.2) is 60.1 Å². The van der Waals surface area contributed by atoms with Gasteiger partial charge in [-0.2, -0.15) is 5.10 Å². The zero-order valence-corrected chi connectivity index (χ0v) is 15.7. The average molecular weight is 407 g/mol. The van der Waals surface area contributed by atoms with Crippen LogP contribution >= 0.6 is 46.1 Å². The number of hydrogen-bond acceptors (Lipinski definition) is 3. The normalized spacial score (nSPS) is 11.0. The molecular formula is C18H10Cl3N3S. The molecule has 0 amide bonds. The predicted molar refractivity (Wildman–Crippen MR) is 105 cm³/mol. The molecule has 0 fully saturated rings. The lowest BCUT2D eigenvalue weighted by molar-refractivity contribution is 0.878. The highest BCUT2D eigenvalue weighted by atomic mass is 35.5. The minimum Gasteiger partial charge on any atom is -0.218 e. The predicted octanol–water partition coefficient (Wildman–Crippen LogP) is 6.62. The van der Waals surface area contributed by atoms with Crippen molar-refractivity contribution in [1.29, 1.82) is 0 Å². The second kappa shape index (κ2) is 6.81. The molecule has 0 radical (unpaired) electrons. The van der Waals surface area contributed by atoms with Crippen molar-refractivity contribution in [2.24, 2.45) is 0 Å². The van der Waals surface area contributed by atoms with Crippen molar-refractivity contribution in [3.05, 3.63) is 75.2 Å². The molecular weight excluding hydrogens is 397 g/mol. The minimum absolute atomic E-state index is 0.573. The van der Waals surface area contributed by atoms with Crippen molar-refractivity contribution in [1.82, 2.24) is 14.8 Å². The fourth-order valence-corrected chi connectivity index (χ4v) is 3.91. The third-order valence-corrected chi connectivity index (χ3v) is 5.28. The molecule has 0 aliphatic carbocycles. The molecule has 25 heavy (non-hydrogen) atoms. The van der Waals surface area contributed by atoms with Gasteiger partial charge in [0, 0.05) is 26.6 Å². The van der Waals surface area contributed by atoms with E-state index in [-0.39, 0.29) is 0 Å². The Morgan fingerprint density at radius 3 is 2.40 bits per heavy atom. The first-order valence-electron chi connectivity index (χ1n) is 7.33. The Morgan fingerprint density at radius 2 is 1.64 bits per heavy atom. The van der Waals surface area contributed by atoms with Gasteiger partial charge in [-0.05, 0) is 36.4 Å². The molecule has 0 saturated carbocycles. The topological polar surface area (TPSA) is 30.7 Å². The standard InChI is InChI=1S/C18H10Cl3N3S/c19-12-3-1-11(2-4-12)16-10-25-18(23-16)24-17(7-8-22-24)14-6-5-13(20)9-15(14)21/h1-10H. The maximum absolute atomic E-state index is 6.34. The Bertz CT molecular complexity index is 1040. The van der Waals surface area contributed by atoms with E-state index in [1.165, 1.54) is 11.3 Å².